The normalized spacial score (nSPS) is 24.4. The van der Waals surface area contributed by atoms with Crippen molar-refractivity contribution in [3.63, 3.8) is 0 Å². The SMILES string of the molecule is Nc1ccc(Oc2cc(C34CCCCC3C(=O)NC4=O)c(F)cc2Cl)cc1. The number of benzene rings is 2. The Labute approximate surface area is 160 Å². The lowest BCUT2D eigenvalue weighted by atomic mass is 9.63. The van der Waals surface area contributed by atoms with Crippen LogP contribution in [0.3, 0.4) is 0 Å². The van der Waals surface area contributed by atoms with Gasteiger partial charge in [0.25, 0.3) is 0 Å². The van der Waals surface area contributed by atoms with Crippen molar-refractivity contribution in [3.8, 4) is 11.5 Å². The summed E-state index contributed by atoms with van der Waals surface area (Å²) in [5, 5.41) is 2.47. The fourth-order valence-corrected chi connectivity index (χ4v) is 4.36. The van der Waals surface area contributed by atoms with Gasteiger partial charge in [0.2, 0.25) is 11.8 Å². The zero-order chi connectivity index (χ0) is 19.2. The van der Waals surface area contributed by atoms with Gasteiger partial charge < -0.3 is 10.5 Å². The van der Waals surface area contributed by atoms with Gasteiger partial charge in [0.1, 0.15) is 17.3 Å². The summed E-state index contributed by atoms with van der Waals surface area (Å²) in [5.74, 6) is -1.26. The smallest absolute Gasteiger partial charge is 0.238 e. The van der Waals surface area contributed by atoms with Gasteiger partial charge in [-0.15, -0.1) is 0 Å². The maximum absolute atomic E-state index is 14.9. The molecule has 2 aromatic carbocycles. The number of nitrogen functional groups attached to an aromatic ring is 1. The summed E-state index contributed by atoms with van der Waals surface area (Å²) in [6.07, 6.45) is 2.54. The first-order chi connectivity index (χ1) is 12.9. The van der Waals surface area contributed by atoms with E-state index >= 15 is 0 Å². The number of anilines is 1. The van der Waals surface area contributed by atoms with Crippen LogP contribution in [-0.4, -0.2) is 11.8 Å². The Hall–Kier alpha value is -2.60. The van der Waals surface area contributed by atoms with Crippen molar-refractivity contribution >= 4 is 29.1 Å². The molecule has 2 fully saturated rings. The lowest BCUT2D eigenvalue weighted by Gasteiger charge is -2.36. The van der Waals surface area contributed by atoms with E-state index in [1.54, 1.807) is 24.3 Å². The Bertz CT molecular complexity index is 932. The predicted octanol–water partition coefficient (Wildman–Crippen LogP) is 3.94. The molecular weight excluding hydrogens is 371 g/mol. The predicted molar refractivity (Wildman–Crippen MR) is 99.1 cm³/mol. The van der Waals surface area contributed by atoms with E-state index in [9.17, 15) is 14.0 Å². The molecule has 3 N–H and O–H groups in total. The average Bonchev–Trinajstić information content (AvgIpc) is 2.90. The summed E-state index contributed by atoms with van der Waals surface area (Å²) < 4.78 is 20.7. The lowest BCUT2D eigenvalue weighted by molar-refractivity contribution is -0.126. The van der Waals surface area contributed by atoms with Gasteiger partial charge in [0, 0.05) is 11.3 Å². The minimum Gasteiger partial charge on any atom is -0.456 e. The Morgan fingerprint density at radius 2 is 1.93 bits per heavy atom. The van der Waals surface area contributed by atoms with E-state index in [1.165, 1.54) is 6.07 Å². The molecule has 0 radical (unpaired) electrons. The molecule has 7 heteroatoms. The molecule has 140 valence electrons. The third kappa shape index (κ3) is 2.84. The Balaban J connectivity index is 1.80. The van der Waals surface area contributed by atoms with Crippen LogP contribution in [-0.2, 0) is 15.0 Å². The molecule has 1 aliphatic heterocycles. The van der Waals surface area contributed by atoms with Gasteiger partial charge in [0.05, 0.1) is 16.4 Å². The van der Waals surface area contributed by atoms with Crippen molar-refractivity contribution in [1.82, 2.24) is 5.32 Å². The highest BCUT2D eigenvalue weighted by Crippen LogP contribution is 2.49. The highest BCUT2D eigenvalue weighted by molar-refractivity contribution is 6.32. The number of nitrogens with two attached hydrogens (primary N) is 1. The molecule has 0 spiro atoms. The van der Waals surface area contributed by atoms with E-state index in [1.807, 2.05) is 0 Å². The summed E-state index contributed by atoms with van der Waals surface area (Å²) in [5.41, 5.74) is 5.20. The highest BCUT2D eigenvalue weighted by atomic mass is 35.5. The van der Waals surface area contributed by atoms with E-state index < -0.39 is 23.1 Å². The molecule has 2 aromatic rings. The summed E-state index contributed by atoms with van der Waals surface area (Å²) >= 11 is 6.17. The van der Waals surface area contributed by atoms with Gasteiger partial charge in [-0.3, -0.25) is 14.9 Å². The number of carbonyl (C=O) groups is 2. The molecule has 1 heterocycles. The number of rotatable bonds is 3. The van der Waals surface area contributed by atoms with E-state index in [2.05, 4.69) is 5.32 Å². The van der Waals surface area contributed by atoms with Crippen LogP contribution in [0.1, 0.15) is 31.2 Å². The number of carbonyl (C=O) groups excluding carboxylic acids is 2. The van der Waals surface area contributed by atoms with Gasteiger partial charge >= 0.3 is 0 Å². The molecule has 2 unspecified atom stereocenters. The van der Waals surface area contributed by atoms with E-state index in [0.717, 1.165) is 18.9 Å². The van der Waals surface area contributed by atoms with Gasteiger partial charge in [0.15, 0.2) is 0 Å². The van der Waals surface area contributed by atoms with E-state index in [4.69, 9.17) is 22.1 Å². The fourth-order valence-electron chi connectivity index (χ4n) is 4.17. The van der Waals surface area contributed by atoms with Gasteiger partial charge in [-0.2, -0.15) is 0 Å². The first-order valence-corrected chi connectivity index (χ1v) is 9.18. The molecule has 0 aromatic heterocycles. The lowest BCUT2D eigenvalue weighted by Crippen LogP contribution is -2.42. The van der Waals surface area contributed by atoms with Gasteiger partial charge in [-0.05, 0) is 49.2 Å². The number of imide groups is 1. The van der Waals surface area contributed by atoms with Crippen LogP contribution in [0.25, 0.3) is 0 Å². The average molecular weight is 389 g/mol. The molecule has 2 aliphatic rings. The molecule has 27 heavy (non-hydrogen) atoms. The molecular formula is C20H18ClFN2O3. The highest BCUT2D eigenvalue weighted by Gasteiger charge is 2.58. The number of amides is 2. The van der Waals surface area contributed by atoms with Crippen molar-refractivity contribution in [2.45, 2.75) is 31.1 Å². The Morgan fingerprint density at radius 1 is 1.19 bits per heavy atom. The number of hydrogen-bond acceptors (Lipinski definition) is 4. The van der Waals surface area contributed by atoms with Crippen molar-refractivity contribution in [2.24, 2.45) is 5.92 Å². The summed E-state index contributed by atoms with van der Waals surface area (Å²) in [7, 11) is 0. The number of ether oxygens (including phenoxy) is 1. The maximum Gasteiger partial charge on any atom is 0.238 e. The second-order valence-corrected chi connectivity index (χ2v) is 7.43. The monoisotopic (exact) mass is 388 g/mol. The van der Waals surface area contributed by atoms with Crippen LogP contribution in [0.4, 0.5) is 10.1 Å². The third-order valence-electron chi connectivity index (χ3n) is 5.48. The van der Waals surface area contributed by atoms with E-state index in [0.29, 0.717) is 24.3 Å². The van der Waals surface area contributed by atoms with Gasteiger partial charge in [-0.25, -0.2) is 4.39 Å². The molecule has 5 nitrogen and oxygen atoms in total. The van der Waals surface area contributed by atoms with Crippen LogP contribution in [0.2, 0.25) is 5.02 Å². The minimum atomic E-state index is -1.21. The first-order valence-electron chi connectivity index (χ1n) is 8.80. The van der Waals surface area contributed by atoms with Crippen LogP contribution in [0.5, 0.6) is 11.5 Å². The van der Waals surface area contributed by atoms with Gasteiger partial charge in [-0.1, -0.05) is 24.4 Å². The topological polar surface area (TPSA) is 81.4 Å². The maximum atomic E-state index is 14.9. The van der Waals surface area contributed by atoms with Crippen molar-refractivity contribution in [1.29, 1.82) is 0 Å². The van der Waals surface area contributed by atoms with Crippen LogP contribution in [0.15, 0.2) is 36.4 Å². The van der Waals surface area contributed by atoms with Crippen molar-refractivity contribution in [3.05, 3.63) is 52.8 Å². The second kappa shape index (κ2) is 6.53. The number of hydrogen-bond donors (Lipinski definition) is 2. The van der Waals surface area contributed by atoms with Crippen molar-refractivity contribution < 1.29 is 18.7 Å². The molecule has 4 rings (SSSR count). The van der Waals surface area contributed by atoms with E-state index in [-0.39, 0.29) is 22.2 Å². The molecule has 1 aliphatic carbocycles. The summed E-state index contributed by atoms with van der Waals surface area (Å²) in [6, 6.07) is 9.27. The zero-order valence-corrected chi connectivity index (χ0v) is 15.2. The molecule has 0 bridgehead atoms. The number of halogens is 2. The quantitative estimate of drug-likeness (QED) is 0.616. The third-order valence-corrected chi connectivity index (χ3v) is 5.77. The van der Waals surface area contributed by atoms with Crippen molar-refractivity contribution in [2.75, 3.05) is 5.73 Å². The number of nitrogens with one attached hydrogen (secondary N) is 1. The van der Waals surface area contributed by atoms with Crippen LogP contribution >= 0.6 is 11.6 Å². The fraction of sp³-hybridized carbons (Fsp3) is 0.300. The van der Waals surface area contributed by atoms with Crippen LogP contribution in [0, 0.1) is 11.7 Å². The molecule has 1 saturated carbocycles. The van der Waals surface area contributed by atoms with Crippen LogP contribution < -0.4 is 15.8 Å². The largest absolute Gasteiger partial charge is 0.456 e. The first kappa shape index (κ1) is 17.8. The second-order valence-electron chi connectivity index (χ2n) is 7.02. The molecule has 1 saturated heterocycles. The molecule has 2 amide bonds. The Morgan fingerprint density at radius 3 is 2.67 bits per heavy atom. The molecule has 2 atom stereocenters. The minimum absolute atomic E-state index is 0.0848. The standard InChI is InChI=1S/C20H18ClFN2O3/c21-15-10-16(22)14(9-17(15)27-12-6-4-11(23)5-7-12)20-8-2-1-3-13(20)18(25)24-19(20)26/h4-7,9-10,13H,1-3,8,23H2,(H,24,25,26). The zero-order valence-electron chi connectivity index (χ0n) is 14.4. The summed E-state index contributed by atoms with van der Waals surface area (Å²) in [6.45, 7) is 0. The summed E-state index contributed by atoms with van der Waals surface area (Å²) in [4.78, 5) is 25.0. The number of fused-ring (bicyclic) bond motifs is 1. The Kier molecular flexibility index (Phi) is 4.30.